The summed E-state index contributed by atoms with van der Waals surface area (Å²) in [4.78, 5) is 15.2. The van der Waals surface area contributed by atoms with E-state index in [9.17, 15) is 0 Å². The SMILES string of the molecule is CC1OCCC1(C)Nc1nc(Cl)nc(N2CCCCC2)n1. The summed E-state index contributed by atoms with van der Waals surface area (Å²) in [6.45, 7) is 6.91. The smallest absolute Gasteiger partial charge is 0.231 e. The van der Waals surface area contributed by atoms with Crippen LogP contribution in [0.5, 0.6) is 0 Å². The van der Waals surface area contributed by atoms with Gasteiger partial charge in [0.1, 0.15) is 0 Å². The number of rotatable bonds is 3. The van der Waals surface area contributed by atoms with Gasteiger partial charge >= 0.3 is 0 Å². The molecule has 116 valence electrons. The van der Waals surface area contributed by atoms with Crippen LogP contribution in [0.15, 0.2) is 0 Å². The van der Waals surface area contributed by atoms with Crippen molar-refractivity contribution in [2.24, 2.45) is 0 Å². The van der Waals surface area contributed by atoms with Crippen LogP contribution >= 0.6 is 11.6 Å². The van der Waals surface area contributed by atoms with E-state index in [4.69, 9.17) is 16.3 Å². The molecule has 2 aliphatic heterocycles. The van der Waals surface area contributed by atoms with Crippen LogP contribution in [0, 0.1) is 0 Å². The minimum absolute atomic E-state index is 0.117. The van der Waals surface area contributed by atoms with Gasteiger partial charge < -0.3 is 15.0 Å². The predicted molar refractivity (Wildman–Crippen MR) is 83.0 cm³/mol. The molecule has 21 heavy (non-hydrogen) atoms. The van der Waals surface area contributed by atoms with Crippen LogP contribution in [0.1, 0.15) is 39.5 Å². The predicted octanol–water partition coefficient (Wildman–Crippen LogP) is 2.49. The van der Waals surface area contributed by atoms with E-state index in [1.54, 1.807) is 0 Å². The van der Waals surface area contributed by atoms with Crippen molar-refractivity contribution in [2.45, 2.75) is 51.2 Å². The maximum atomic E-state index is 6.08. The Bertz CT molecular complexity index is 508. The molecule has 3 rings (SSSR count). The molecular weight excluding hydrogens is 290 g/mol. The average Bonchev–Trinajstić information content (AvgIpc) is 2.78. The molecule has 2 fully saturated rings. The molecule has 6 nitrogen and oxygen atoms in total. The molecule has 2 atom stereocenters. The summed E-state index contributed by atoms with van der Waals surface area (Å²) in [7, 11) is 0. The summed E-state index contributed by atoms with van der Waals surface area (Å²) in [6, 6.07) is 0. The molecule has 0 aliphatic carbocycles. The number of halogens is 1. The van der Waals surface area contributed by atoms with Gasteiger partial charge in [0.2, 0.25) is 17.2 Å². The monoisotopic (exact) mass is 311 g/mol. The zero-order valence-electron chi connectivity index (χ0n) is 12.6. The van der Waals surface area contributed by atoms with Gasteiger partial charge in [-0.2, -0.15) is 15.0 Å². The maximum absolute atomic E-state index is 6.08. The summed E-state index contributed by atoms with van der Waals surface area (Å²) >= 11 is 6.08. The molecule has 1 aromatic rings. The van der Waals surface area contributed by atoms with Crippen LogP contribution in [0.3, 0.4) is 0 Å². The van der Waals surface area contributed by atoms with Crippen LogP contribution in [0.4, 0.5) is 11.9 Å². The Balaban J connectivity index is 1.80. The largest absolute Gasteiger partial charge is 0.376 e. The summed E-state index contributed by atoms with van der Waals surface area (Å²) in [5.41, 5.74) is -0.163. The van der Waals surface area contributed by atoms with Crippen molar-refractivity contribution in [2.75, 3.05) is 29.9 Å². The normalized spacial score (nSPS) is 29.7. The van der Waals surface area contributed by atoms with Gasteiger partial charge in [-0.1, -0.05) is 0 Å². The Morgan fingerprint density at radius 3 is 2.67 bits per heavy atom. The molecule has 2 aliphatic rings. The number of nitrogens with zero attached hydrogens (tertiary/aromatic N) is 4. The Labute approximate surface area is 130 Å². The number of anilines is 2. The molecule has 1 aromatic heterocycles. The topological polar surface area (TPSA) is 63.2 Å². The van der Waals surface area contributed by atoms with Crippen LogP contribution in [-0.4, -0.2) is 46.3 Å². The fraction of sp³-hybridized carbons (Fsp3) is 0.786. The lowest BCUT2D eigenvalue weighted by Gasteiger charge is -2.30. The lowest BCUT2D eigenvalue weighted by molar-refractivity contribution is 0.105. The molecule has 0 radical (unpaired) electrons. The van der Waals surface area contributed by atoms with Gasteiger partial charge in [-0.3, -0.25) is 0 Å². The van der Waals surface area contributed by atoms with Gasteiger partial charge in [-0.15, -0.1) is 0 Å². The van der Waals surface area contributed by atoms with Crippen molar-refractivity contribution in [1.82, 2.24) is 15.0 Å². The molecule has 0 saturated carbocycles. The van der Waals surface area contributed by atoms with Gasteiger partial charge in [-0.05, 0) is 51.1 Å². The molecule has 7 heteroatoms. The lowest BCUT2D eigenvalue weighted by Crippen LogP contribution is -2.42. The van der Waals surface area contributed by atoms with Crippen molar-refractivity contribution in [1.29, 1.82) is 0 Å². The summed E-state index contributed by atoms with van der Waals surface area (Å²) < 4.78 is 5.64. The average molecular weight is 312 g/mol. The zero-order chi connectivity index (χ0) is 14.9. The highest BCUT2D eigenvalue weighted by atomic mass is 35.5. The highest BCUT2D eigenvalue weighted by Crippen LogP contribution is 2.29. The molecule has 2 saturated heterocycles. The van der Waals surface area contributed by atoms with Crippen LogP contribution < -0.4 is 10.2 Å². The Hall–Kier alpha value is -1.14. The second-order valence-corrected chi connectivity index (χ2v) is 6.42. The summed E-state index contributed by atoms with van der Waals surface area (Å²) in [5.74, 6) is 1.21. The molecule has 3 heterocycles. The van der Waals surface area contributed by atoms with Crippen molar-refractivity contribution >= 4 is 23.5 Å². The van der Waals surface area contributed by atoms with E-state index in [-0.39, 0.29) is 16.9 Å². The molecule has 0 aromatic carbocycles. The second kappa shape index (κ2) is 5.93. The molecule has 0 bridgehead atoms. The van der Waals surface area contributed by atoms with Crippen molar-refractivity contribution in [3.05, 3.63) is 5.28 Å². The van der Waals surface area contributed by atoms with Crippen LogP contribution in [-0.2, 0) is 4.74 Å². The number of hydrogen-bond donors (Lipinski definition) is 1. The van der Waals surface area contributed by atoms with Gasteiger partial charge in [-0.25, -0.2) is 0 Å². The highest BCUT2D eigenvalue weighted by molar-refractivity contribution is 6.28. The zero-order valence-corrected chi connectivity index (χ0v) is 13.4. The minimum Gasteiger partial charge on any atom is -0.376 e. The maximum Gasteiger partial charge on any atom is 0.231 e. The first-order chi connectivity index (χ1) is 10.1. The molecule has 0 spiro atoms. The Morgan fingerprint density at radius 2 is 2.00 bits per heavy atom. The van der Waals surface area contributed by atoms with E-state index in [1.165, 1.54) is 19.3 Å². The van der Waals surface area contributed by atoms with Crippen molar-refractivity contribution < 1.29 is 4.74 Å². The fourth-order valence-electron chi connectivity index (χ4n) is 2.89. The Kier molecular flexibility index (Phi) is 4.17. The lowest BCUT2D eigenvalue weighted by atomic mass is 9.95. The summed E-state index contributed by atoms with van der Waals surface area (Å²) in [5, 5.41) is 3.63. The summed E-state index contributed by atoms with van der Waals surface area (Å²) in [6.07, 6.45) is 4.67. The third-order valence-electron chi connectivity index (χ3n) is 4.52. The number of aromatic nitrogens is 3. The number of ether oxygens (including phenoxy) is 1. The highest BCUT2D eigenvalue weighted by Gasteiger charge is 2.37. The third kappa shape index (κ3) is 3.21. The van der Waals surface area contributed by atoms with Crippen LogP contribution in [0.25, 0.3) is 0 Å². The van der Waals surface area contributed by atoms with Gasteiger partial charge in [0.25, 0.3) is 0 Å². The fourth-order valence-corrected chi connectivity index (χ4v) is 3.04. The Morgan fingerprint density at radius 1 is 1.24 bits per heavy atom. The standard InChI is InChI=1S/C14H22ClN5O/c1-10-14(2,6-9-21-10)19-12-16-11(15)17-13(18-12)20-7-4-3-5-8-20/h10H,3-9H2,1-2H3,(H,16,17,18,19). The van der Waals surface area contributed by atoms with Gasteiger partial charge in [0, 0.05) is 19.7 Å². The van der Waals surface area contributed by atoms with E-state index >= 15 is 0 Å². The van der Waals surface area contributed by atoms with Gasteiger partial charge in [0.15, 0.2) is 0 Å². The minimum atomic E-state index is -0.163. The number of piperidine rings is 1. The molecule has 1 N–H and O–H groups in total. The molecule has 2 unspecified atom stereocenters. The number of nitrogens with one attached hydrogen (secondary N) is 1. The van der Waals surface area contributed by atoms with Crippen molar-refractivity contribution in [3.63, 3.8) is 0 Å². The first kappa shape index (κ1) is 14.8. The molecular formula is C14H22ClN5O. The van der Waals surface area contributed by atoms with E-state index < -0.39 is 0 Å². The van der Waals surface area contributed by atoms with E-state index in [1.807, 2.05) is 0 Å². The van der Waals surface area contributed by atoms with Crippen LogP contribution in [0.2, 0.25) is 5.28 Å². The first-order valence-electron chi connectivity index (χ1n) is 7.63. The number of hydrogen-bond acceptors (Lipinski definition) is 6. The van der Waals surface area contributed by atoms with E-state index in [0.29, 0.717) is 11.9 Å². The van der Waals surface area contributed by atoms with Crippen molar-refractivity contribution in [3.8, 4) is 0 Å². The second-order valence-electron chi connectivity index (χ2n) is 6.08. The molecule has 0 amide bonds. The van der Waals surface area contributed by atoms with E-state index in [2.05, 4.69) is 39.0 Å². The quantitative estimate of drug-likeness (QED) is 0.925. The third-order valence-corrected chi connectivity index (χ3v) is 4.69. The first-order valence-corrected chi connectivity index (χ1v) is 8.01. The van der Waals surface area contributed by atoms with E-state index in [0.717, 1.165) is 26.1 Å². The van der Waals surface area contributed by atoms with Gasteiger partial charge in [0.05, 0.1) is 11.6 Å².